The number of hydrogen-bond donors (Lipinski definition) is 2. The summed E-state index contributed by atoms with van der Waals surface area (Å²) in [5.74, 6) is 0. The molecule has 0 saturated heterocycles. The molecule has 1 aliphatic rings. The lowest BCUT2D eigenvalue weighted by Crippen LogP contribution is -2.34. The van der Waals surface area contributed by atoms with E-state index in [-0.39, 0.29) is 5.69 Å². The van der Waals surface area contributed by atoms with Crippen molar-refractivity contribution in [3.05, 3.63) is 120 Å². The highest BCUT2D eigenvalue weighted by molar-refractivity contribution is 5.89. The molecule has 44 heavy (non-hydrogen) atoms. The van der Waals surface area contributed by atoms with Crippen LogP contribution < -0.4 is 10.6 Å². The van der Waals surface area contributed by atoms with Crippen molar-refractivity contribution in [2.24, 2.45) is 0 Å². The molecule has 1 saturated carbocycles. The number of nitrogens with one attached hydrogen (secondary N) is 2. The van der Waals surface area contributed by atoms with E-state index < -0.39 is 17.8 Å². The van der Waals surface area contributed by atoms with Crippen LogP contribution in [0, 0.1) is 0 Å². The van der Waals surface area contributed by atoms with Gasteiger partial charge < -0.3 is 15.5 Å². The zero-order valence-electron chi connectivity index (χ0n) is 24.8. The summed E-state index contributed by atoms with van der Waals surface area (Å²) in [6.07, 6.45) is 8.16. The van der Waals surface area contributed by atoms with Crippen LogP contribution in [0.5, 0.6) is 0 Å². The predicted octanol–water partition coefficient (Wildman–Crippen LogP) is 9.20. The first-order chi connectivity index (χ1) is 21.3. The topological polar surface area (TPSA) is 57.3 Å². The van der Waals surface area contributed by atoms with Gasteiger partial charge in [-0.1, -0.05) is 86.7 Å². The van der Waals surface area contributed by atoms with Gasteiger partial charge in [0.15, 0.2) is 0 Å². The molecule has 1 aliphatic carbocycles. The summed E-state index contributed by atoms with van der Waals surface area (Å²) in [5, 5.41) is 6.49. The van der Waals surface area contributed by atoms with Gasteiger partial charge in [-0.3, -0.25) is 4.98 Å². The molecule has 230 valence electrons. The molecule has 2 N–H and O–H groups in total. The molecule has 0 unspecified atom stereocenters. The zero-order valence-corrected chi connectivity index (χ0v) is 24.8. The summed E-state index contributed by atoms with van der Waals surface area (Å²) >= 11 is 0. The third-order valence-electron chi connectivity index (χ3n) is 8.16. The van der Waals surface area contributed by atoms with Crippen molar-refractivity contribution in [2.75, 3.05) is 5.32 Å². The van der Waals surface area contributed by atoms with Crippen molar-refractivity contribution < 1.29 is 18.0 Å². The number of alkyl halides is 3. The minimum absolute atomic E-state index is 0.290. The van der Waals surface area contributed by atoms with Gasteiger partial charge in [0.05, 0.1) is 5.56 Å². The third-order valence-corrected chi connectivity index (χ3v) is 8.16. The summed E-state index contributed by atoms with van der Waals surface area (Å²) < 4.78 is 38.9. The molecular formula is C36H39F3N4O. The van der Waals surface area contributed by atoms with Crippen LogP contribution in [-0.2, 0) is 25.8 Å². The van der Waals surface area contributed by atoms with E-state index in [9.17, 15) is 18.0 Å². The van der Waals surface area contributed by atoms with Crippen LogP contribution in [0.4, 0.5) is 23.7 Å². The SMILES string of the molecule is O=C(Nc1ccc(C(F)(F)F)cc1)N(Cc1ccc(-c2ccc(CNC3CCCCCCC3)cc2)cc1)Cc1cccnc1. The first-order valence-corrected chi connectivity index (χ1v) is 15.4. The molecule has 5 rings (SSSR count). The lowest BCUT2D eigenvalue weighted by molar-refractivity contribution is -0.137. The summed E-state index contributed by atoms with van der Waals surface area (Å²) in [7, 11) is 0. The van der Waals surface area contributed by atoms with Gasteiger partial charge in [-0.2, -0.15) is 13.2 Å². The molecule has 1 heterocycles. The Morgan fingerprint density at radius 1 is 0.750 bits per heavy atom. The number of nitrogens with zero attached hydrogens (tertiary/aromatic N) is 2. The maximum atomic E-state index is 13.3. The number of benzene rings is 3. The molecule has 0 bridgehead atoms. The molecule has 0 spiro atoms. The molecule has 0 radical (unpaired) electrons. The Hall–Kier alpha value is -4.17. The van der Waals surface area contributed by atoms with Crippen molar-refractivity contribution in [1.29, 1.82) is 0 Å². The molecule has 1 fully saturated rings. The molecule has 5 nitrogen and oxygen atoms in total. The number of urea groups is 1. The zero-order chi connectivity index (χ0) is 30.8. The van der Waals surface area contributed by atoms with Crippen LogP contribution in [0.2, 0.25) is 0 Å². The van der Waals surface area contributed by atoms with Crippen LogP contribution in [0.1, 0.15) is 67.2 Å². The van der Waals surface area contributed by atoms with Crippen LogP contribution in [-0.4, -0.2) is 22.0 Å². The standard InChI is InChI=1S/C36H39F3N4O/c37-36(38,39)32-18-20-34(21-19-32)42-35(44)43(26-29-7-6-22-40-23-29)25-28-12-16-31(17-13-28)30-14-10-27(11-15-30)24-41-33-8-4-2-1-3-5-9-33/h6-7,10-23,33,41H,1-5,8-9,24-26H2,(H,42,44). The molecular weight excluding hydrogens is 561 g/mol. The number of pyridine rings is 1. The third kappa shape index (κ3) is 9.16. The molecule has 0 aliphatic heterocycles. The van der Waals surface area contributed by atoms with E-state index >= 15 is 0 Å². The molecule has 4 aromatic rings. The second-order valence-electron chi connectivity index (χ2n) is 11.5. The van der Waals surface area contributed by atoms with E-state index in [0.717, 1.165) is 40.9 Å². The average Bonchev–Trinajstić information content (AvgIpc) is 3.01. The molecule has 3 aromatic carbocycles. The van der Waals surface area contributed by atoms with Crippen LogP contribution >= 0.6 is 0 Å². The van der Waals surface area contributed by atoms with Gasteiger partial charge >= 0.3 is 12.2 Å². The van der Waals surface area contributed by atoms with E-state index in [1.165, 1.54) is 62.6 Å². The van der Waals surface area contributed by atoms with Gasteiger partial charge in [0, 0.05) is 43.8 Å². The van der Waals surface area contributed by atoms with Crippen molar-refractivity contribution >= 4 is 11.7 Å². The second-order valence-corrected chi connectivity index (χ2v) is 11.5. The van der Waals surface area contributed by atoms with Crippen LogP contribution in [0.15, 0.2) is 97.3 Å². The number of hydrogen-bond acceptors (Lipinski definition) is 3. The number of carbonyl (C=O) groups excluding carboxylic acids is 1. The number of anilines is 1. The quantitative estimate of drug-likeness (QED) is 0.201. The largest absolute Gasteiger partial charge is 0.416 e. The Kier molecular flexibility index (Phi) is 10.7. The van der Waals surface area contributed by atoms with Crippen molar-refractivity contribution in [3.8, 4) is 11.1 Å². The van der Waals surface area contributed by atoms with Gasteiger partial charge in [0.1, 0.15) is 0 Å². The number of carbonyl (C=O) groups is 1. The summed E-state index contributed by atoms with van der Waals surface area (Å²) in [6.45, 7) is 1.48. The molecule has 2 amide bonds. The van der Waals surface area contributed by atoms with E-state index in [1.54, 1.807) is 23.4 Å². The average molecular weight is 601 g/mol. The first kappa shape index (κ1) is 31.3. The predicted molar refractivity (Wildman–Crippen MR) is 169 cm³/mol. The van der Waals surface area contributed by atoms with E-state index in [2.05, 4.69) is 39.9 Å². The highest BCUT2D eigenvalue weighted by atomic mass is 19.4. The summed E-state index contributed by atoms with van der Waals surface area (Å²) in [4.78, 5) is 19.0. The van der Waals surface area contributed by atoms with Gasteiger partial charge in [-0.25, -0.2) is 4.79 Å². The smallest absolute Gasteiger partial charge is 0.316 e. The van der Waals surface area contributed by atoms with E-state index in [4.69, 9.17) is 0 Å². The Balaban J connectivity index is 1.22. The van der Waals surface area contributed by atoms with E-state index in [0.29, 0.717) is 19.1 Å². The van der Waals surface area contributed by atoms with Gasteiger partial charge in [-0.15, -0.1) is 0 Å². The molecule has 8 heteroatoms. The Labute approximate surface area is 257 Å². The summed E-state index contributed by atoms with van der Waals surface area (Å²) in [5.41, 5.74) is 4.78. The van der Waals surface area contributed by atoms with Gasteiger partial charge in [0.25, 0.3) is 0 Å². The number of aromatic nitrogens is 1. The lowest BCUT2D eigenvalue weighted by Gasteiger charge is -2.24. The minimum Gasteiger partial charge on any atom is -0.316 e. The van der Waals surface area contributed by atoms with Crippen LogP contribution in [0.25, 0.3) is 11.1 Å². The van der Waals surface area contributed by atoms with Crippen LogP contribution in [0.3, 0.4) is 0 Å². The number of amides is 2. The fraction of sp³-hybridized carbons (Fsp3) is 0.333. The Bertz CT molecular complexity index is 1450. The minimum atomic E-state index is -4.44. The maximum absolute atomic E-state index is 13.3. The maximum Gasteiger partial charge on any atom is 0.416 e. The van der Waals surface area contributed by atoms with E-state index in [1.807, 2.05) is 30.3 Å². The Morgan fingerprint density at radius 2 is 1.34 bits per heavy atom. The van der Waals surface area contributed by atoms with Crippen molar-refractivity contribution in [2.45, 2.75) is 76.8 Å². The highest BCUT2D eigenvalue weighted by Gasteiger charge is 2.30. The van der Waals surface area contributed by atoms with Gasteiger partial charge in [0.2, 0.25) is 0 Å². The molecule has 1 aromatic heterocycles. The highest BCUT2D eigenvalue weighted by Crippen LogP contribution is 2.30. The van der Waals surface area contributed by atoms with Gasteiger partial charge in [-0.05, 0) is 71.0 Å². The summed E-state index contributed by atoms with van der Waals surface area (Å²) in [6, 6.07) is 25.1. The number of halogens is 3. The normalized spacial score (nSPS) is 14.4. The lowest BCUT2D eigenvalue weighted by atomic mass is 9.96. The number of rotatable bonds is 9. The fourth-order valence-corrected chi connectivity index (χ4v) is 5.62. The second kappa shape index (κ2) is 15.0. The van der Waals surface area contributed by atoms with Crippen molar-refractivity contribution in [1.82, 2.24) is 15.2 Å². The monoisotopic (exact) mass is 600 g/mol. The fourth-order valence-electron chi connectivity index (χ4n) is 5.62. The first-order valence-electron chi connectivity index (χ1n) is 15.4. The Morgan fingerprint density at radius 3 is 1.93 bits per heavy atom. The molecule has 0 atom stereocenters. The van der Waals surface area contributed by atoms with Crippen molar-refractivity contribution in [3.63, 3.8) is 0 Å².